The first-order chi connectivity index (χ1) is 12.0. The molecule has 0 radical (unpaired) electrons. The molecule has 0 spiro atoms. The Morgan fingerprint density at radius 3 is 2.48 bits per heavy atom. The summed E-state index contributed by atoms with van der Waals surface area (Å²) in [5.41, 5.74) is 1.63. The van der Waals surface area contributed by atoms with Crippen molar-refractivity contribution in [2.24, 2.45) is 0 Å². The molecule has 0 atom stereocenters. The molecule has 1 aromatic carbocycles. The van der Waals surface area contributed by atoms with Gasteiger partial charge in [0.2, 0.25) is 0 Å². The Kier molecular flexibility index (Phi) is 5.15. The summed E-state index contributed by atoms with van der Waals surface area (Å²) in [7, 11) is -3.71. The van der Waals surface area contributed by atoms with Crippen molar-refractivity contribution in [1.82, 2.24) is 9.97 Å². The molecule has 2 heterocycles. The minimum atomic E-state index is -3.71. The fourth-order valence-corrected chi connectivity index (χ4v) is 4.65. The van der Waals surface area contributed by atoms with E-state index in [9.17, 15) is 8.42 Å². The monoisotopic (exact) mass is 373 g/mol. The molecule has 3 rings (SSSR count). The fraction of sp³-hybridized carbons (Fsp3) is 0.222. The van der Waals surface area contributed by atoms with Gasteiger partial charge in [-0.2, -0.15) is 0 Å². The maximum atomic E-state index is 13.1. The van der Waals surface area contributed by atoms with Gasteiger partial charge < -0.3 is 0 Å². The van der Waals surface area contributed by atoms with Crippen molar-refractivity contribution in [2.75, 3.05) is 4.31 Å². The summed E-state index contributed by atoms with van der Waals surface area (Å²) in [5, 5.41) is 2.20. The van der Waals surface area contributed by atoms with E-state index in [-0.39, 0.29) is 17.4 Å². The number of aromatic nitrogens is 2. The van der Waals surface area contributed by atoms with Gasteiger partial charge in [0.1, 0.15) is 0 Å². The van der Waals surface area contributed by atoms with Gasteiger partial charge in [0.25, 0.3) is 10.0 Å². The Morgan fingerprint density at radius 1 is 1.08 bits per heavy atom. The van der Waals surface area contributed by atoms with Gasteiger partial charge in [0.15, 0.2) is 5.13 Å². The van der Waals surface area contributed by atoms with E-state index >= 15 is 0 Å². The highest BCUT2D eigenvalue weighted by Gasteiger charge is 2.27. The van der Waals surface area contributed by atoms with Crippen molar-refractivity contribution in [3.05, 3.63) is 71.5 Å². The number of sulfonamides is 1. The molecule has 0 saturated heterocycles. The van der Waals surface area contributed by atoms with Crippen molar-refractivity contribution in [2.45, 2.75) is 31.2 Å². The van der Waals surface area contributed by atoms with Gasteiger partial charge in [-0.05, 0) is 30.2 Å². The predicted octanol–water partition coefficient (Wildman–Crippen LogP) is 4.06. The average molecular weight is 374 g/mol. The van der Waals surface area contributed by atoms with Crippen LogP contribution in [0.15, 0.2) is 65.0 Å². The van der Waals surface area contributed by atoms with Crippen LogP contribution in [0, 0.1) is 0 Å². The van der Waals surface area contributed by atoms with Crippen LogP contribution in [-0.4, -0.2) is 18.4 Å². The van der Waals surface area contributed by atoms with E-state index < -0.39 is 10.0 Å². The smallest absolute Gasteiger partial charge is 0.256 e. The quantitative estimate of drug-likeness (QED) is 0.654. The number of anilines is 1. The highest BCUT2D eigenvalue weighted by atomic mass is 32.2. The Balaban J connectivity index is 2.01. The van der Waals surface area contributed by atoms with Crippen LogP contribution in [-0.2, 0) is 16.6 Å². The van der Waals surface area contributed by atoms with Crippen molar-refractivity contribution in [1.29, 1.82) is 0 Å². The van der Waals surface area contributed by atoms with E-state index in [1.165, 1.54) is 15.6 Å². The second kappa shape index (κ2) is 7.33. The molecule has 0 unspecified atom stereocenters. The van der Waals surface area contributed by atoms with Crippen LogP contribution in [0.5, 0.6) is 0 Å². The Bertz CT molecular complexity index is 924. The van der Waals surface area contributed by atoms with Gasteiger partial charge in [-0.3, -0.25) is 4.98 Å². The molecular formula is C18H19N3O2S2. The summed E-state index contributed by atoms with van der Waals surface area (Å²) in [6, 6.07) is 14.1. The molecule has 5 nitrogen and oxygen atoms in total. The average Bonchev–Trinajstić information content (AvgIpc) is 3.14. The first-order valence-electron chi connectivity index (χ1n) is 7.91. The van der Waals surface area contributed by atoms with E-state index in [1.807, 2.05) is 18.2 Å². The van der Waals surface area contributed by atoms with E-state index in [0.29, 0.717) is 10.8 Å². The van der Waals surface area contributed by atoms with Gasteiger partial charge in [-0.15, -0.1) is 11.3 Å². The minimum absolute atomic E-state index is 0.144. The summed E-state index contributed by atoms with van der Waals surface area (Å²) in [6.45, 7) is 4.27. The van der Waals surface area contributed by atoms with E-state index in [1.54, 1.807) is 41.9 Å². The third-order valence-corrected chi connectivity index (χ3v) is 6.35. The molecule has 0 N–H and O–H groups in total. The zero-order valence-corrected chi connectivity index (χ0v) is 15.7. The molecule has 0 aliphatic heterocycles. The highest BCUT2D eigenvalue weighted by Crippen LogP contribution is 2.27. The molecule has 25 heavy (non-hydrogen) atoms. The fourth-order valence-electron chi connectivity index (χ4n) is 2.37. The van der Waals surface area contributed by atoms with Crippen molar-refractivity contribution in [3.8, 4) is 0 Å². The first kappa shape index (κ1) is 17.6. The molecule has 130 valence electrons. The number of pyridine rings is 1. The minimum Gasteiger partial charge on any atom is -0.256 e. The second-order valence-corrected chi connectivity index (χ2v) is 8.58. The molecule has 0 fully saturated rings. The molecule has 0 amide bonds. The van der Waals surface area contributed by atoms with Crippen LogP contribution in [0.4, 0.5) is 5.13 Å². The highest BCUT2D eigenvalue weighted by molar-refractivity contribution is 7.93. The van der Waals surface area contributed by atoms with Crippen LogP contribution in [0.25, 0.3) is 0 Å². The van der Waals surface area contributed by atoms with Gasteiger partial charge >= 0.3 is 0 Å². The third-order valence-electron chi connectivity index (χ3n) is 3.69. The molecule has 3 aromatic rings. The van der Waals surface area contributed by atoms with E-state index in [0.717, 1.165) is 5.69 Å². The summed E-state index contributed by atoms with van der Waals surface area (Å²) >= 11 is 1.29. The van der Waals surface area contributed by atoms with Crippen LogP contribution < -0.4 is 4.31 Å². The lowest BCUT2D eigenvalue weighted by atomic mass is 10.1. The van der Waals surface area contributed by atoms with Gasteiger partial charge in [0.05, 0.1) is 17.1 Å². The van der Waals surface area contributed by atoms with Crippen molar-refractivity contribution >= 4 is 26.5 Å². The number of nitrogens with zero attached hydrogens (tertiary/aromatic N) is 3. The van der Waals surface area contributed by atoms with Crippen molar-refractivity contribution < 1.29 is 8.42 Å². The SMILES string of the molecule is CC(C)c1cccc(CN(c2nccs2)S(=O)(=O)c2ccccc2)n1. The Labute approximate surface area is 152 Å². The molecule has 7 heteroatoms. The lowest BCUT2D eigenvalue weighted by Gasteiger charge is -2.21. The summed E-state index contributed by atoms with van der Waals surface area (Å²) in [6.07, 6.45) is 1.60. The first-order valence-corrected chi connectivity index (χ1v) is 10.2. The Morgan fingerprint density at radius 2 is 1.84 bits per heavy atom. The number of benzene rings is 1. The lowest BCUT2D eigenvalue weighted by Crippen LogP contribution is -2.31. The predicted molar refractivity (Wildman–Crippen MR) is 100 cm³/mol. The maximum absolute atomic E-state index is 13.1. The molecule has 0 bridgehead atoms. The van der Waals surface area contributed by atoms with Crippen LogP contribution in [0.1, 0.15) is 31.2 Å². The molecule has 2 aromatic heterocycles. The van der Waals surface area contributed by atoms with Gasteiger partial charge in [-0.1, -0.05) is 38.1 Å². The zero-order valence-electron chi connectivity index (χ0n) is 14.0. The van der Waals surface area contributed by atoms with Gasteiger partial charge in [-0.25, -0.2) is 17.7 Å². The number of hydrogen-bond acceptors (Lipinski definition) is 5. The van der Waals surface area contributed by atoms with Gasteiger partial charge in [0, 0.05) is 17.3 Å². The molecule has 0 aliphatic carbocycles. The Hall–Kier alpha value is -2.25. The van der Waals surface area contributed by atoms with E-state index in [2.05, 4.69) is 23.8 Å². The number of hydrogen-bond donors (Lipinski definition) is 0. The second-order valence-electron chi connectivity index (χ2n) is 5.85. The molecule has 0 aliphatic rings. The van der Waals surface area contributed by atoms with E-state index in [4.69, 9.17) is 0 Å². The third kappa shape index (κ3) is 3.88. The maximum Gasteiger partial charge on any atom is 0.266 e. The summed E-state index contributed by atoms with van der Waals surface area (Å²) < 4.78 is 27.6. The molecular weight excluding hydrogens is 354 g/mol. The topological polar surface area (TPSA) is 63.2 Å². The van der Waals surface area contributed by atoms with Crippen LogP contribution >= 0.6 is 11.3 Å². The normalized spacial score (nSPS) is 11.6. The van der Waals surface area contributed by atoms with Crippen LogP contribution in [0.2, 0.25) is 0 Å². The van der Waals surface area contributed by atoms with Crippen molar-refractivity contribution in [3.63, 3.8) is 0 Å². The largest absolute Gasteiger partial charge is 0.266 e. The standard InChI is InChI=1S/C18H19N3O2S2/c1-14(2)17-10-6-7-15(20-17)13-21(18-19-11-12-24-18)25(22,23)16-8-4-3-5-9-16/h3-12,14H,13H2,1-2H3. The lowest BCUT2D eigenvalue weighted by molar-refractivity contribution is 0.589. The number of thiazole rings is 1. The molecule has 0 saturated carbocycles. The number of rotatable bonds is 6. The zero-order chi connectivity index (χ0) is 17.9. The summed E-state index contributed by atoms with van der Waals surface area (Å²) in [4.78, 5) is 9.04. The van der Waals surface area contributed by atoms with Crippen LogP contribution in [0.3, 0.4) is 0 Å². The summed E-state index contributed by atoms with van der Waals surface area (Å²) in [5.74, 6) is 0.277.